The molecule has 0 amide bonds. The average Bonchev–Trinajstić information content (AvgIpc) is 1.69. The summed E-state index contributed by atoms with van der Waals surface area (Å²) in [5.74, 6) is 0.377. The molecule has 1 aliphatic rings. The van der Waals surface area contributed by atoms with E-state index in [2.05, 4.69) is 6.08 Å². The number of hydrogen-bond acceptors (Lipinski definition) is 1. The SMILES string of the molecule is O.O=C1CC=CCC1. The molecule has 0 atom stereocenters. The lowest BCUT2D eigenvalue weighted by Gasteiger charge is -1.97. The number of Topliss-reactive ketones (excluding diaryl/α,β-unsaturated/α-hetero) is 1. The van der Waals surface area contributed by atoms with E-state index in [-0.39, 0.29) is 5.48 Å². The van der Waals surface area contributed by atoms with Crippen molar-refractivity contribution in [2.75, 3.05) is 0 Å². The van der Waals surface area contributed by atoms with Gasteiger partial charge in [0.2, 0.25) is 0 Å². The van der Waals surface area contributed by atoms with E-state index in [4.69, 9.17) is 0 Å². The van der Waals surface area contributed by atoms with Gasteiger partial charge in [-0.25, -0.2) is 0 Å². The summed E-state index contributed by atoms with van der Waals surface area (Å²) >= 11 is 0. The number of carbonyl (C=O) groups is 1. The van der Waals surface area contributed by atoms with Crippen molar-refractivity contribution in [1.29, 1.82) is 0 Å². The van der Waals surface area contributed by atoms with Crippen LogP contribution in [0.4, 0.5) is 0 Å². The first-order chi connectivity index (χ1) is 3.39. The first-order valence-corrected chi connectivity index (χ1v) is 2.56. The molecule has 2 nitrogen and oxygen atoms in total. The van der Waals surface area contributed by atoms with E-state index >= 15 is 0 Å². The van der Waals surface area contributed by atoms with Gasteiger partial charge in [-0.3, -0.25) is 4.79 Å². The normalized spacial score (nSPS) is 17.8. The van der Waals surface area contributed by atoms with Crippen LogP contribution in [0.15, 0.2) is 12.2 Å². The second-order valence-corrected chi connectivity index (χ2v) is 1.75. The van der Waals surface area contributed by atoms with Crippen molar-refractivity contribution in [3.63, 3.8) is 0 Å². The highest BCUT2D eigenvalue weighted by Gasteiger charge is 1.99. The molecule has 0 saturated heterocycles. The predicted octanol–water partition coefficient (Wildman–Crippen LogP) is 0.471. The lowest BCUT2D eigenvalue weighted by atomic mass is 10.1. The molecule has 0 heterocycles. The third-order valence-corrected chi connectivity index (χ3v) is 1.10. The molecule has 0 unspecified atom stereocenters. The van der Waals surface area contributed by atoms with Gasteiger partial charge in [-0.15, -0.1) is 0 Å². The summed E-state index contributed by atoms with van der Waals surface area (Å²) in [5.41, 5.74) is 0. The van der Waals surface area contributed by atoms with E-state index in [0.29, 0.717) is 12.2 Å². The molecule has 1 aliphatic carbocycles. The maximum absolute atomic E-state index is 10.4. The lowest BCUT2D eigenvalue weighted by molar-refractivity contribution is -0.118. The number of rotatable bonds is 0. The quantitative estimate of drug-likeness (QED) is 0.422. The van der Waals surface area contributed by atoms with Crippen molar-refractivity contribution in [3.05, 3.63) is 12.2 Å². The zero-order chi connectivity index (χ0) is 5.11. The van der Waals surface area contributed by atoms with Crippen molar-refractivity contribution in [2.24, 2.45) is 0 Å². The molecule has 2 N–H and O–H groups in total. The number of carbonyl (C=O) groups excluding carboxylic acids is 1. The smallest absolute Gasteiger partial charge is 0.136 e. The van der Waals surface area contributed by atoms with Crippen LogP contribution in [-0.2, 0) is 4.79 Å². The predicted molar refractivity (Wildman–Crippen MR) is 31.6 cm³/mol. The minimum absolute atomic E-state index is 0. The Labute approximate surface area is 48.5 Å². The van der Waals surface area contributed by atoms with Crippen LogP contribution in [0.5, 0.6) is 0 Å². The molecule has 8 heavy (non-hydrogen) atoms. The van der Waals surface area contributed by atoms with Crippen LogP contribution in [0.1, 0.15) is 19.3 Å². The molecule has 0 saturated carbocycles. The van der Waals surface area contributed by atoms with Gasteiger partial charge >= 0.3 is 0 Å². The molecule has 2 heteroatoms. The second-order valence-electron chi connectivity index (χ2n) is 1.75. The zero-order valence-electron chi connectivity index (χ0n) is 4.68. The first kappa shape index (κ1) is 7.37. The van der Waals surface area contributed by atoms with Crippen LogP contribution < -0.4 is 0 Å². The van der Waals surface area contributed by atoms with E-state index in [1.165, 1.54) is 0 Å². The van der Waals surface area contributed by atoms with Crippen LogP contribution in [0, 0.1) is 0 Å². The topological polar surface area (TPSA) is 48.6 Å². The van der Waals surface area contributed by atoms with E-state index < -0.39 is 0 Å². The fourth-order valence-corrected chi connectivity index (χ4v) is 0.679. The molecule has 0 aromatic carbocycles. The Morgan fingerprint density at radius 2 is 2.12 bits per heavy atom. The van der Waals surface area contributed by atoms with Gasteiger partial charge < -0.3 is 5.48 Å². The molecule has 0 spiro atoms. The lowest BCUT2D eigenvalue weighted by Crippen LogP contribution is -1.97. The highest BCUT2D eigenvalue weighted by Crippen LogP contribution is 2.03. The molecule has 0 radical (unpaired) electrons. The number of allylic oxidation sites excluding steroid dienone is 2. The van der Waals surface area contributed by atoms with Crippen molar-refractivity contribution in [2.45, 2.75) is 19.3 Å². The van der Waals surface area contributed by atoms with Gasteiger partial charge in [-0.1, -0.05) is 12.2 Å². The Balaban J connectivity index is 0.000000490. The largest absolute Gasteiger partial charge is 0.412 e. The molecule has 0 aromatic heterocycles. The first-order valence-electron chi connectivity index (χ1n) is 2.56. The molecular formula is C6H10O2. The standard InChI is InChI=1S/C6H8O.H2O/c7-6-4-2-1-3-5-6;/h1-2H,3-5H2;1H2. The third kappa shape index (κ3) is 1.89. The third-order valence-electron chi connectivity index (χ3n) is 1.10. The highest BCUT2D eigenvalue weighted by atomic mass is 16.1. The summed E-state index contributed by atoms with van der Waals surface area (Å²) in [7, 11) is 0. The molecule has 0 aliphatic heterocycles. The summed E-state index contributed by atoms with van der Waals surface area (Å²) in [6.45, 7) is 0. The Kier molecular flexibility index (Phi) is 3.12. The van der Waals surface area contributed by atoms with Crippen LogP contribution in [0.2, 0.25) is 0 Å². The van der Waals surface area contributed by atoms with Crippen LogP contribution >= 0.6 is 0 Å². The summed E-state index contributed by atoms with van der Waals surface area (Å²) < 4.78 is 0. The van der Waals surface area contributed by atoms with Gasteiger partial charge in [0.15, 0.2) is 0 Å². The Bertz CT molecular complexity index is 105. The molecule has 1 rings (SSSR count). The van der Waals surface area contributed by atoms with Crippen molar-refractivity contribution >= 4 is 5.78 Å². The minimum Gasteiger partial charge on any atom is -0.412 e. The van der Waals surface area contributed by atoms with Crippen LogP contribution in [-0.4, -0.2) is 11.3 Å². The van der Waals surface area contributed by atoms with Gasteiger partial charge in [0.05, 0.1) is 0 Å². The monoisotopic (exact) mass is 114 g/mol. The fourth-order valence-electron chi connectivity index (χ4n) is 0.679. The maximum atomic E-state index is 10.4. The highest BCUT2D eigenvalue weighted by molar-refractivity contribution is 5.80. The van der Waals surface area contributed by atoms with Crippen molar-refractivity contribution < 1.29 is 10.3 Å². The summed E-state index contributed by atoms with van der Waals surface area (Å²) in [6, 6.07) is 0. The van der Waals surface area contributed by atoms with Crippen LogP contribution in [0.3, 0.4) is 0 Å². The molecule has 0 bridgehead atoms. The Hall–Kier alpha value is -0.630. The summed E-state index contributed by atoms with van der Waals surface area (Å²) in [4.78, 5) is 10.4. The van der Waals surface area contributed by atoms with E-state index in [1.54, 1.807) is 0 Å². The van der Waals surface area contributed by atoms with Gasteiger partial charge in [0.1, 0.15) is 5.78 Å². The summed E-state index contributed by atoms with van der Waals surface area (Å²) in [6.07, 6.45) is 6.38. The number of ketones is 1. The van der Waals surface area contributed by atoms with Crippen LogP contribution in [0.25, 0.3) is 0 Å². The van der Waals surface area contributed by atoms with Gasteiger partial charge in [-0.05, 0) is 6.42 Å². The van der Waals surface area contributed by atoms with Gasteiger partial charge in [0.25, 0.3) is 0 Å². The molecule has 46 valence electrons. The summed E-state index contributed by atoms with van der Waals surface area (Å²) in [5, 5.41) is 0. The number of hydrogen-bond donors (Lipinski definition) is 0. The minimum atomic E-state index is 0. The van der Waals surface area contributed by atoms with Gasteiger partial charge in [-0.2, -0.15) is 0 Å². The molecule has 0 fully saturated rings. The average molecular weight is 114 g/mol. The molecule has 0 aromatic rings. The Morgan fingerprint density at radius 3 is 2.38 bits per heavy atom. The molecular weight excluding hydrogens is 104 g/mol. The van der Waals surface area contributed by atoms with Crippen molar-refractivity contribution in [1.82, 2.24) is 0 Å². The van der Waals surface area contributed by atoms with Crippen molar-refractivity contribution in [3.8, 4) is 0 Å². The fraction of sp³-hybridized carbons (Fsp3) is 0.500. The maximum Gasteiger partial charge on any atom is 0.136 e. The zero-order valence-corrected chi connectivity index (χ0v) is 4.68. The second kappa shape index (κ2) is 3.38. The van der Waals surface area contributed by atoms with E-state index in [1.807, 2.05) is 6.08 Å². The van der Waals surface area contributed by atoms with Gasteiger partial charge in [0, 0.05) is 12.8 Å². The van der Waals surface area contributed by atoms with E-state index in [9.17, 15) is 4.79 Å². The Morgan fingerprint density at radius 1 is 1.38 bits per heavy atom. The van der Waals surface area contributed by atoms with E-state index in [0.717, 1.165) is 12.8 Å².